The molecule has 0 amide bonds. The molecule has 0 aliphatic heterocycles. The van der Waals surface area contributed by atoms with E-state index in [0.29, 0.717) is 0 Å². The molecule has 0 aromatic carbocycles. The van der Waals surface area contributed by atoms with E-state index in [-0.39, 0.29) is 5.97 Å². The molecule has 0 atom stereocenters. The third kappa shape index (κ3) is 4.32. The van der Waals surface area contributed by atoms with Crippen molar-refractivity contribution >= 4 is 15.0 Å². The van der Waals surface area contributed by atoms with Crippen LogP contribution < -0.4 is 0 Å². The summed E-state index contributed by atoms with van der Waals surface area (Å²) in [6.45, 7) is 7.10. The monoisotopic (exact) mass is 157 g/mol. The van der Waals surface area contributed by atoms with Crippen LogP contribution in [-0.4, -0.2) is 15.0 Å². The lowest BCUT2D eigenvalue weighted by Gasteiger charge is -2.06. The van der Waals surface area contributed by atoms with Gasteiger partial charge in [-0.25, -0.2) is 0 Å². The van der Waals surface area contributed by atoms with E-state index in [1.54, 1.807) is 5.70 Å². The van der Waals surface area contributed by atoms with Gasteiger partial charge in [-0.1, -0.05) is 19.0 Å². The molecule has 3 heteroatoms. The maximum absolute atomic E-state index is 10.4. The van der Waals surface area contributed by atoms with Crippen LogP contribution in [0.25, 0.3) is 0 Å². The molecule has 2 nitrogen and oxygen atoms in total. The average molecular weight is 157 g/mol. The second kappa shape index (κ2) is 5.23. The molecule has 0 fully saturated rings. The molecule has 0 aliphatic rings. The van der Waals surface area contributed by atoms with Crippen molar-refractivity contribution in [1.29, 1.82) is 0 Å². The highest BCUT2D eigenvalue weighted by atomic mass is 28.3. The standard InChI is InChI=1S/C7H13O2Si/c1-4-6-10(5-2)9-7(3)8/h5H,2,4,6H2,1,3H3. The minimum Gasteiger partial charge on any atom is -0.514 e. The highest BCUT2D eigenvalue weighted by molar-refractivity contribution is 6.59. The van der Waals surface area contributed by atoms with Gasteiger partial charge in [-0.05, 0) is 6.04 Å². The number of rotatable bonds is 4. The molecule has 0 rings (SSSR count). The molecule has 0 aromatic heterocycles. The summed E-state index contributed by atoms with van der Waals surface area (Å²) in [5, 5.41) is 0. The largest absolute Gasteiger partial charge is 0.514 e. The summed E-state index contributed by atoms with van der Waals surface area (Å²) in [5.41, 5.74) is 1.76. The fourth-order valence-electron chi connectivity index (χ4n) is 0.626. The van der Waals surface area contributed by atoms with E-state index in [1.165, 1.54) is 6.92 Å². The van der Waals surface area contributed by atoms with Gasteiger partial charge in [0.2, 0.25) is 0 Å². The molecular weight excluding hydrogens is 144 g/mol. The quantitative estimate of drug-likeness (QED) is 0.580. The van der Waals surface area contributed by atoms with E-state index in [4.69, 9.17) is 4.43 Å². The summed E-state index contributed by atoms with van der Waals surface area (Å²) in [5.74, 6) is -0.192. The second-order valence-electron chi connectivity index (χ2n) is 2.01. The summed E-state index contributed by atoms with van der Waals surface area (Å²) in [6.07, 6.45) is 1.05. The van der Waals surface area contributed by atoms with Gasteiger partial charge in [0.05, 0.1) is 0 Å². The fraction of sp³-hybridized carbons (Fsp3) is 0.571. The molecule has 0 spiro atoms. The van der Waals surface area contributed by atoms with Gasteiger partial charge in [0.1, 0.15) is 0 Å². The van der Waals surface area contributed by atoms with Crippen LogP contribution in [0.15, 0.2) is 12.3 Å². The van der Waals surface area contributed by atoms with Crippen LogP contribution in [0.4, 0.5) is 0 Å². The summed E-state index contributed by atoms with van der Waals surface area (Å²) in [7, 11) is -1.02. The van der Waals surface area contributed by atoms with Crippen LogP contribution in [0.5, 0.6) is 0 Å². The maximum Gasteiger partial charge on any atom is 0.312 e. The minimum atomic E-state index is -1.02. The molecule has 0 N–H and O–H groups in total. The lowest BCUT2D eigenvalue weighted by atomic mass is 10.6. The van der Waals surface area contributed by atoms with Crippen LogP contribution in [0, 0.1) is 0 Å². The van der Waals surface area contributed by atoms with E-state index in [2.05, 4.69) is 13.5 Å². The van der Waals surface area contributed by atoms with Crippen LogP contribution in [0.3, 0.4) is 0 Å². The predicted molar refractivity (Wildman–Crippen MR) is 42.8 cm³/mol. The fourth-order valence-corrected chi connectivity index (χ4v) is 1.88. The summed E-state index contributed by atoms with van der Waals surface area (Å²) in [6, 6.07) is 0.966. The molecule has 0 aliphatic carbocycles. The Morgan fingerprint density at radius 3 is 2.70 bits per heavy atom. The predicted octanol–water partition coefficient (Wildman–Crippen LogP) is 1.68. The Morgan fingerprint density at radius 1 is 1.80 bits per heavy atom. The van der Waals surface area contributed by atoms with Crippen molar-refractivity contribution in [3.8, 4) is 0 Å². The summed E-state index contributed by atoms with van der Waals surface area (Å²) in [4.78, 5) is 10.4. The van der Waals surface area contributed by atoms with Crippen molar-refractivity contribution in [2.24, 2.45) is 0 Å². The van der Waals surface area contributed by atoms with E-state index in [0.717, 1.165) is 12.5 Å². The van der Waals surface area contributed by atoms with Gasteiger partial charge in [0.15, 0.2) is 0 Å². The van der Waals surface area contributed by atoms with Crippen molar-refractivity contribution < 1.29 is 9.22 Å². The average Bonchev–Trinajstić information content (AvgIpc) is 1.86. The molecule has 10 heavy (non-hydrogen) atoms. The number of hydrogen-bond acceptors (Lipinski definition) is 2. The van der Waals surface area contributed by atoms with Crippen LogP contribution in [-0.2, 0) is 9.22 Å². The topological polar surface area (TPSA) is 26.3 Å². The van der Waals surface area contributed by atoms with E-state index in [9.17, 15) is 4.79 Å². The second-order valence-corrected chi connectivity index (χ2v) is 4.06. The SMILES string of the molecule is C=C[Si](CCC)OC(C)=O. The highest BCUT2D eigenvalue weighted by Crippen LogP contribution is 1.99. The number of carbonyl (C=O) groups is 1. The Bertz CT molecular complexity index is 123. The molecule has 0 heterocycles. The van der Waals surface area contributed by atoms with Crippen molar-refractivity contribution in [3.63, 3.8) is 0 Å². The third-order valence-electron chi connectivity index (χ3n) is 0.999. The lowest BCUT2D eigenvalue weighted by Crippen LogP contribution is -2.17. The molecule has 0 bridgehead atoms. The summed E-state index contributed by atoms with van der Waals surface area (Å²) < 4.78 is 4.98. The van der Waals surface area contributed by atoms with E-state index >= 15 is 0 Å². The van der Waals surface area contributed by atoms with Gasteiger partial charge in [0, 0.05) is 6.92 Å². The Hall–Kier alpha value is -0.573. The Labute approximate surface area is 63.6 Å². The van der Waals surface area contributed by atoms with E-state index < -0.39 is 9.04 Å². The van der Waals surface area contributed by atoms with Gasteiger partial charge >= 0.3 is 9.04 Å². The first kappa shape index (κ1) is 9.43. The van der Waals surface area contributed by atoms with Gasteiger partial charge in [-0.15, -0.1) is 6.58 Å². The molecule has 1 radical (unpaired) electrons. The summed E-state index contributed by atoms with van der Waals surface area (Å²) >= 11 is 0. The molecule has 0 unspecified atom stereocenters. The zero-order chi connectivity index (χ0) is 7.98. The van der Waals surface area contributed by atoms with Gasteiger partial charge < -0.3 is 4.43 Å². The van der Waals surface area contributed by atoms with Gasteiger partial charge in [0.25, 0.3) is 5.97 Å². The van der Waals surface area contributed by atoms with Crippen molar-refractivity contribution in [1.82, 2.24) is 0 Å². The highest BCUT2D eigenvalue weighted by Gasteiger charge is 2.09. The molecule has 0 aromatic rings. The normalized spacial score (nSPS) is 9.50. The van der Waals surface area contributed by atoms with Crippen molar-refractivity contribution in [2.45, 2.75) is 26.3 Å². The Balaban J connectivity index is 3.59. The number of carbonyl (C=O) groups excluding carboxylic acids is 1. The maximum atomic E-state index is 10.4. The molecular formula is C7H13O2Si. The van der Waals surface area contributed by atoms with Crippen molar-refractivity contribution in [2.75, 3.05) is 0 Å². The van der Waals surface area contributed by atoms with Gasteiger partial charge in [-0.2, -0.15) is 0 Å². The molecule has 57 valence electrons. The lowest BCUT2D eigenvalue weighted by molar-refractivity contribution is -0.132. The first-order valence-corrected chi connectivity index (χ1v) is 5.06. The van der Waals surface area contributed by atoms with Crippen LogP contribution >= 0.6 is 0 Å². The number of hydrogen-bond donors (Lipinski definition) is 0. The third-order valence-corrected chi connectivity index (χ3v) is 3.00. The molecule has 0 saturated carbocycles. The van der Waals surface area contributed by atoms with E-state index in [1.807, 2.05) is 0 Å². The first-order valence-electron chi connectivity index (χ1n) is 3.37. The first-order chi connectivity index (χ1) is 4.70. The zero-order valence-electron chi connectivity index (χ0n) is 6.52. The Kier molecular flexibility index (Phi) is 4.93. The molecule has 0 saturated heterocycles. The van der Waals surface area contributed by atoms with Crippen LogP contribution in [0.1, 0.15) is 20.3 Å². The minimum absolute atomic E-state index is 0.192. The smallest absolute Gasteiger partial charge is 0.312 e. The van der Waals surface area contributed by atoms with Gasteiger partial charge in [-0.3, -0.25) is 4.79 Å². The van der Waals surface area contributed by atoms with Crippen molar-refractivity contribution in [3.05, 3.63) is 12.3 Å². The van der Waals surface area contributed by atoms with Crippen LogP contribution in [0.2, 0.25) is 6.04 Å². The Morgan fingerprint density at radius 2 is 2.40 bits per heavy atom. The zero-order valence-corrected chi connectivity index (χ0v) is 7.52.